The SMILES string of the molecule is ClC1=C(C=NNc2cccc(Cl)c2)CSc2ccc(Cl)cc21. The Kier molecular flexibility index (Phi) is 4.99. The fourth-order valence-electron chi connectivity index (χ4n) is 2.03. The molecule has 2 aromatic carbocycles. The van der Waals surface area contributed by atoms with E-state index in [1.165, 1.54) is 0 Å². The summed E-state index contributed by atoms with van der Waals surface area (Å²) < 4.78 is 0. The first-order valence-electron chi connectivity index (χ1n) is 6.49. The number of nitrogens with one attached hydrogen (secondary N) is 1. The Morgan fingerprint density at radius 1 is 1.05 bits per heavy atom. The highest BCUT2D eigenvalue weighted by atomic mass is 35.5. The molecule has 1 heterocycles. The van der Waals surface area contributed by atoms with Gasteiger partial charge < -0.3 is 0 Å². The van der Waals surface area contributed by atoms with Gasteiger partial charge in [0.05, 0.1) is 16.9 Å². The summed E-state index contributed by atoms with van der Waals surface area (Å²) in [6.07, 6.45) is 1.74. The highest BCUT2D eigenvalue weighted by molar-refractivity contribution is 7.99. The summed E-state index contributed by atoms with van der Waals surface area (Å²) in [5.41, 5.74) is 5.68. The van der Waals surface area contributed by atoms with Crippen LogP contribution in [0.2, 0.25) is 10.0 Å². The van der Waals surface area contributed by atoms with Gasteiger partial charge in [0, 0.05) is 31.8 Å². The van der Waals surface area contributed by atoms with Crippen molar-refractivity contribution in [1.29, 1.82) is 0 Å². The average Bonchev–Trinajstić information content (AvgIpc) is 2.50. The van der Waals surface area contributed by atoms with E-state index < -0.39 is 0 Å². The molecule has 0 saturated carbocycles. The van der Waals surface area contributed by atoms with Crippen LogP contribution in [0.25, 0.3) is 5.03 Å². The zero-order valence-electron chi connectivity index (χ0n) is 11.3. The summed E-state index contributed by atoms with van der Waals surface area (Å²) in [6.45, 7) is 0. The number of hydrogen-bond donors (Lipinski definition) is 1. The molecule has 2 nitrogen and oxygen atoms in total. The van der Waals surface area contributed by atoms with Crippen molar-refractivity contribution in [2.24, 2.45) is 5.10 Å². The molecule has 0 atom stereocenters. The highest BCUT2D eigenvalue weighted by Gasteiger charge is 2.17. The van der Waals surface area contributed by atoms with Crippen LogP contribution in [0.3, 0.4) is 0 Å². The van der Waals surface area contributed by atoms with Crippen molar-refractivity contribution >= 4 is 63.5 Å². The van der Waals surface area contributed by atoms with E-state index in [0.717, 1.165) is 27.5 Å². The van der Waals surface area contributed by atoms with Crippen molar-refractivity contribution in [2.75, 3.05) is 11.2 Å². The first kappa shape index (κ1) is 15.8. The second-order valence-electron chi connectivity index (χ2n) is 4.65. The lowest BCUT2D eigenvalue weighted by Gasteiger charge is -2.17. The van der Waals surface area contributed by atoms with Crippen molar-refractivity contribution in [3.8, 4) is 0 Å². The zero-order valence-corrected chi connectivity index (χ0v) is 14.4. The fraction of sp³-hybridized carbons (Fsp3) is 0.0625. The van der Waals surface area contributed by atoms with E-state index in [2.05, 4.69) is 10.5 Å². The molecule has 0 spiro atoms. The minimum Gasteiger partial charge on any atom is -0.278 e. The van der Waals surface area contributed by atoms with Crippen LogP contribution >= 0.6 is 46.6 Å². The van der Waals surface area contributed by atoms with Gasteiger partial charge in [-0.15, -0.1) is 11.8 Å². The Morgan fingerprint density at radius 3 is 2.68 bits per heavy atom. The molecule has 0 unspecified atom stereocenters. The monoisotopic (exact) mass is 368 g/mol. The molecule has 0 saturated heterocycles. The number of rotatable bonds is 3. The van der Waals surface area contributed by atoms with Crippen molar-refractivity contribution in [2.45, 2.75) is 4.90 Å². The Labute approximate surface area is 148 Å². The van der Waals surface area contributed by atoms with E-state index in [1.54, 1.807) is 24.0 Å². The van der Waals surface area contributed by atoms with E-state index in [-0.39, 0.29) is 0 Å². The van der Waals surface area contributed by atoms with Gasteiger partial charge in [0.2, 0.25) is 0 Å². The summed E-state index contributed by atoms with van der Waals surface area (Å²) >= 11 is 20.1. The highest BCUT2D eigenvalue weighted by Crippen LogP contribution is 2.39. The molecule has 0 radical (unpaired) electrons. The molecule has 2 aromatic rings. The maximum Gasteiger partial charge on any atom is 0.0576 e. The Bertz CT molecular complexity index is 772. The zero-order chi connectivity index (χ0) is 15.5. The Balaban J connectivity index is 1.80. The number of benzene rings is 2. The molecule has 0 amide bonds. The Hall–Kier alpha value is -1.13. The number of thioether (sulfide) groups is 1. The largest absolute Gasteiger partial charge is 0.278 e. The molecule has 3 rings (SSSR count). The lowest BCUT2D eigenvalue weighted by atomic mass is 10.1. The molecular weight excluding hydrogens is 359 g/mol. The van der Waals surface area contributed by atoms with Gasteiger partial charge in [-0.2, -0.15) is 5.10 Å². The normalized spacial score (nSPS) is 14.3. The second-order valence-corrected chi connectivity index (χ2v) is 6.92. The number of nitrogens with zero attached hydrogens (tertiary/aromatic N) is 1. The van der Waals surface area contributed by atoms with Crippen LogP contribution in [0.15, 0.2) is 58.0 Å². The molecule has 0 fully saturated rings. The smallest absolute Gasteiger partial charge is 0.0576 e. The first-order chi connectivity index (χ1) is 10.6. The first-order valence-corrected chi connectivity index (χ1v) is 8.61. The van der Waals surface area contributed by atoms with Crippen LogP contribution < -0.4 is 5.43 Å². The van der Waals surface area contributed by atoms with Gasteiger partial charge in [0.15, 0.2) is 0 Å². The number of halogens is 3. The van der Waals surface area contributed by atoms with Gasteiger partial charge in [-0.25, -0.2) is 0 Å². The van der Waals surface area contributed by atoms with Crippen molar-refractivity contribution in [3.63, 3.8) is 0 Å². The van der Waals surface area contributed by atoms with Gasteiger partial charge in [-0.3, -0.25) is 5.43 Å². The third kappa shape index (κ3) is 3.61. The van der Waals surface area contributed by atoms with E-state index >= 15 is 0 Å². The minimum atomic E-state index is 0.661. The van der Waals surface area contributed by atoms with Crippen LogP contribution in [0.5, 0.6) is 0 Å². The van der Waals surface area contributed by atoms with Crippen molar-refractivity contribution in [1.82, 2.24) is 0 Å². The van der Waals surface area contributed by atoms with Crippen LogP contribution in [-0.4, -0.2) is 12.0 Å². The molecule has 112 valence electrons. The summed E-state index contributed by atoms with van der Waals surface area (Å²) in [4.78, 5) is 1.13. The lowest BCUT2D eigenvalue weighted by molar-refractivity contribution is 1.33. The maximum atomic E-state index is 6.46. The number of hydrazone groups is 1. The summed E-state index contributed by atoms with van der Waals surface area (Å²) in [5, 5.41) is 6.25. The fourth-order valence-corrected chi connectivity index (χ4v) is 3.81. The molecule has 0 aliphatic carbocycles. The maximum absolute atomic E-state index is 6.46. The van der Waals surface area contributed by atoms with Crippen LogP contribution in [0.1, 0.15) is 5.56 Å². The predicted octanol–water partition coefficient (Wildman–Crippen LogP) is 6.15. The van der Waals surface area contributed by atoms with Crippen LogP contribution in [0, 0.1) is 0 Å². The molecule has 1 N–H and O–H groups in total. The second kappa shape index (κ2) is 6.97. The third-order valence-electron chi connectivity index (χ3n) is 3.08. The number of anilines is 1. The molecule has 22 heavy (non-hydrogen) atoms. The summed E-state index contributed by atoms with van der Waals surface area (Å²) in [7, 11) is 0. The summed E-state index contributed by atoms with van der Waals surface area (Å²) in [5.74, 6) is 0.772. The topological polar surface area (TPSA) is 24.4 Å². The number of fused-ring (bicyclic) bond motifs is 1. The lowest BCUT2D eigenvalue weighted by Crippen LogP contribution is -2.02. The molecule has 1 aliphatic heterocycles. The molecule has 0 aromatic heterocycles. The van der Waals surface area contributed by atoms with E-state index in [1.807, 2.05) is 36.4 Å². The average molecular weight is 370 g/mol. The predicted molar refractivity (Wildman–Crippen MR) is 98.5 cm³/mol. The summed E-state index contributed by atoms with van der Waals surface area (Å²) in [6, 6.07) is 13.1. The van der Waals surface area contributed by atoms with Gasteiger partial charge >= 0.3 is 0 Å². The van der Waals surface area contributed by atoms with Crippen molar-refractivity contribution in [3.05, 3.63) is 63.6 Å². The van der Waals surface area contributed by atoms with Crippen LogP contribution in [-0.2, 0) is 0 Å². The van der Waals surface area contributed by atoms with E-state index in [4.69, 9.17) is 34.8 Å². The molecule has 1 aliphatic rings. The minimum absolute atomic E-state index is 0.661. The third-order valence-corrected chi connectivity index (χ3v) is 5.12. The van der Waals surface area contributed by atoms with Gasteiger partial charge in [0.1, 0.15) is 0 Å². The number of hydrogen-bond acceptors (Lipinski definition) is 3. The molecule has 0 bridgehead atoms. The quantitative estimate of drug-likeness (QED) is 0.518. The molecule has 6 heteroatoms. The van der Waals surface area contributed by atoms with Crippen LogP contribution in [0.4, 0.5) is 5.69 Å². The standard InChI is InChI=1S/C16H11Cl3N2S/c17-11-2-1-3-13(6-11)21-20-8-10-9-22-15-5-4-12(18)7-14(15)16(10)19/h1-8,21H,9H2. The van der Waals surface area contributed by atoms with Gasteiger partial charge in [-0.1, -0.05) is 40.9 Å². The van der Waals surface area contributed by atoms with E-state index in [0.29, 0.717) is 15.1 Å². The molecular formula is C16H11Cl3N2S. The van der Waals surface area contributed by atoms with Gasteiger partial charge in [0.25, 0.3) is 0 Å². The Morgan fingerprint density at radius 2 is 1.86 bits per heavy atom. The van der Waals surface area contributed by atoms with E-state index in [9.17, 15) is 0 Å². The van der Waals surface area contributed by atoms with Gasteiger partial charge in [-0.05, 0) is 36.4 Å². The van der Waals surface area contributed by atoms with Crippen molar-refractivity contribution < 1.29 is 0 Å².